The number of amides is 1. The molecule has 128 valence electrons. The van der Waals surface area contributed by atoms with E-state index in [1.54, 1.807) is 0 Å². The number of fused-ring (bicyclic) bond motifs is 1. The topological polar surface area (TPSA) is 57.8 Å². The summed E-state index contributed by atoms with van der Waals surface area (Å²) in [5, 5.41) is 12.0. The molecule has 1 saturated carbocycles. The summed E-state index contributed by atoms with van der Waals surface area (Å²) in [6.45, 7) is 0. The minimum absolute atomic E-state index is 0.0622. The number of nitrogens with one attached hydrogen (secondary N) is 2. The number of aromatic nitrogens is 2. The maximum absolute atomic E-state index is 12.8. The fraction of sp³-hybridized carbons (Fsp3) is 0.263. The zero-order valence-electron chi connectivity index (χ0n) is 13.4. The molecular formula is C19H17ClIN3O. The van der Waals surface area contributed by atoms with E-state index in [9.17, 15) is 4.79 Å². The lowest BCUT2D eigenvalue weighted by molar-refractivity contribution is 0.0933. The zero-order chi connectivity index (χ0) is 17.4. The number of hydrogen-bond donors (Lipinski definition) is 2. The summed E-state index contributed by atoms with van der Waals surface area (Å²) in [6, 6.07) is 13.3. The molecule has 0 bridgehead atoms. The van der Waals surface area contributed by atoms with E-state index in [0.717, 1.165) is 26.6 Å². The molecule has 0 radical (unpaired) electrons. The van der Waals surface area contributed by atoms with Crippen LogP contribution in [0.2, 0.25) is 5.02 Å². The van der Waals surface area contributed by atoms with Crippen LogP contribution >= 0.6 is 34.2 Å². The Morgan fingerprint density at radius 3 is 2.88 bits per heavy atom. The second-order valence-corrected chi connectivity index (χ2v) is 7.93. The van der Waals surface area contributed by atoms with Crippen LogP contribution in [-0.4, -0.2) is 16.1 Å². The zero-order valence-corrected chi connectivity index (χ0v) is 16.3. The van der Waals surface area contributed by atoms with Crippen LogP contribution in [0.3, 0.4) is 0 Å². The van der Waals surface area contributed by atoms with Gasteiger partial charge in [-0.3, -0.25) is 9.89 Å². The Kier molecular flexibility index (Phi) is 4.69. The molecule has 25 heavy (non-hydrogen) atoms. The summed E-state index contributed by atoms with van der Waals surface area (Å²) in [5.41, 5.74) is 2.56. The third-order valence-corrected chi connectivity index (χ3v) is 5.80. The number of benzene rings is 2. The minimum atomic E-state index is -0.0792. The van der Waals surface area contributed by atoms with Gasteiger partial charge in [-0.25, -0.2) is 0 Å². The highest BCUT2D eigenvalue weighted by Gasteiger charge is 2.28. The molecule has 1 aliphatic carbocycles. The maximum Gasteiger partial charge on any atom is 0.251 e. The number of halogens is 2. The highest BCUT2D eigenvalue weighted by Crippen LogP contribution is 2.39. The van der Waals surface area contributed by atoms with Gasteiger partial charge < -0.3 is 5.32 Å². The molecule has 1 heterocycles. The standard InChI is InChI=1S/C19H17ClIN3O/c20-15-4-2-1-3-13(15)17(9-11-5-6-11)22-19(25)12-7-8-16-14(10-12)18(21)24-23-16/h1-4,7-8,10-11,17H,5-6,9H2,(H,22,25)(H,23,24). The van der Waals surface area contributed by atoms with Crippen molar-refractivity contribution in [1.29, 1.82) is 0 Å². The van der Waals surface area contributed by atoms with Gasteiger partial charge >= 0.3 is 0 Å². The number of nitrogens with zero attached hydrogens (tertiary/aromatic N) is 1. The number of hydrogen-bond acceptors (Lipinski definition) is 2. The molecule has 1 atom stereocenters. The molecule has 2 N–H and O–H groups in total. The van der Waals surface area contributed by atoms with Gasteiger partial charge in [-0.1, -0.05) is 42.6 Å². The summed E-state index contributed by atoms with van der Waals surface area (Å²) in [4.78, 5) is 12.8. The molecule has 1 aliphatic rings. The fourth-order valence-corrected chi connectivity index (χ4v) is 3.91. The highest BCUT2D eigenvalue weighted by atomic mass is 127. The van der Waals surface area contributed by atoms with Crippen molar-refractivity contribution in [2.24, 2.45) is 5.92 Å². The molecule has 0 aliphatic heterocycles. The lowest BCUT2D eigenvalue weighted by Crippen LogP contribution is -2.29. The quantitative estimate of drug-likeness (QED) is 0.516. The van der Waals surface area contributed by atoms with Crippen LogP contribution in [0, 0.1) is 9.62 Å². The van der Waals surface area contributed by atoms with E-state index in [1.807, 2.05) is 42.5 Å². The van der Waals surface area contributed by atoms with Gasteiger partial charge in [0.1, 0.15) is 3.70 Å². The van der Waals surface area contributed by atoms with Crippen LogP contribution in [0.15, 0.2) is 42.5 Å². The van der Waals surface area contributed by atoms with Gasteiger partial charge in [-0.2, -0.15) is 5.10 Å². The first-order valence-corrected chi connectivity index (χ1v) is 9.76. The molecule has 2 aromatic carbocycles. The van der Waals surface area contributed by atoms with Crippen LogP contribution in [0.25, 0.3) is 10.9 Å². The molecular weight excluding hydrogens is 449 g/mol. The maximum atomic E-state index is 12.8. The number of carbonyl (C=O) groups excluding carboxylic acids is 1. The van der Waals surface area contributed by atoms with Gasteiger partial charge in [0, 0.05) is 16.0 Å². The van der Waals surface area contributed by atoms with Gasteiger partial charge in [-0.05, 0) is 64.8 Å². The predicted molar refractivity (Wildman–Crippen MR) is 108 cm³/mol. The second-order valence-electron chi connectivity index (χ2n) is 6.50. The molecule has 1 amide bonds. The van der Waals surface area contributed by atoms with E-state index in [4.69, 9.17) is 11.6 Å². The second kappa shape index (κ2) is 6.96. The SMILES string of the molecule is O=C(NC(CC1CC1)c1ccccc1Cl)c1ccc2[nH]nc(I)c2c1. The Morgan fingerprint density at radius 1 is 1.32 bits per heavy atom. The number of aromatic amines is 1. The molecule has 4 nitrogen and oxygen atoms in total. The van der Waals surface area contributed by atoms with Gasteiger partial charge in [0.2, 0.25) is 0 Å². The summed E-state index contributed by atoms with van der Waals surface area (Å²) in [5.74, 6) is 0.600. The lowest BCUT2D eigenvalue weighted by atomic mass is 10.0. The molecule has 3 aromatic rings. The molecule has 0 saturated heterocycles. The normalized spacial score (nSPS) is 15.3. The van der Waals surface area contributed by atoms with Gasteiger partial charge in [-0.15, -0.1) is 0 Å². The molecule has 4 rings (SSSR count). The van der Waals surface area contributed by atoms with Gasteiger partial charge in [0.15, 0.2) is 0 Å². The van der Waals surface area contributed by atoms with Crippen molar-refractivity contribution in [2.75, 3.05) is 0 Å². The van der Waals surface area contributed by atoms with Crippen molar-refractivity contribution in [1.82, 2.24) is 15.5 Å². The fourth-order valence-electron chi connectivity index (χ4n) is 3.07. The average molecular weight is 466 g/mol. The van der Waals surface area contributed by atoms with E-state index in [2.05, 4.69) is 38.1 Å². The Morgan fingerprint density at radius 2 is 2.12 bits per heavy atom. The van der Waals surface area contributed by atoms with Crippen LogP contribution in [0.4, 0.5) is 0 Å². The van der Waals surface area contributed by atoms with E-state index >= 15 is 0 Å². The van der Waals surface area contributed by atoms with Crippen molar-refractivity contribution in [3.63, 3.8) is 0 Å². The van der Waals surface area contributed by atoms with Crippen LogP contribution < -0.4 is 5.32 Å². The average Bonchev–Trinajstić information content (AvgIpc) is 3.36. The van der Waals surface area contributed by atoms with E-state index in [-0.39, 0.29) is 11.9 Å². The Labute approximate surface area is 164 Å². The van der Waals surface area contributed by atoms with Crippen molar-refractivity contribution in [3.05, 3.63) is 62.3 Å². The van der Waals surface area contributed by atoms with E-state index in [0.29, 0.717) is 16.5 Å². The van der Waals surface area contributed by atoms with E-state index in [1.165, 1.54) is 12.8 Å². The summed E-state index contributed by atoms with van der Waals surface area (Å²) < 4.78 is 0.864. The van der Waals surface area contributed by atoms with Crippen molar-refractivity contribution < 1.29 is 4.79 Å². The molecule has 1 fully saturated rings. The molecule has 1 aromatic heterocycles. The number of carbonyl (C=O) groups is 1. The summed E-state index contributed by atoms with van der Waals surface area (Å²) in [7, 11) is 0. The van der Waals surface area contributed by atoms with Crippen LogP contribution in [0.5, 0.6) is 0 Å². The largest absolute Gasteiger partial charge is 0.345 e. The Balaban J connectivity index is 1.60. The van der Waals surface area contributed by atoms with Crippen molar-refractivity contribution >= 4 is 51.0 Å². The number of H-pyrrole nitrogens is 1. The monoisotopic (exact) mass is 465 g/mol. The molecule has 1 unspecified atom stereocenters. The predicted octanol–water partition coefficient (Wildman–Crippen LogP) is 5.09. The van der Waals surface area contributed by atoms with E-state index < -0.39 is 0 Å². The van der Waals surface area contributed by atoms with Crippen LogP contribution in [0.1, 0.15) is 41.2 Å². The van der Waals surface area contributed by atoms with Gasteiger partial charge in [0.25, 0.3) is 5.91 Å². The first-order chi connectivity index (χ1) is 12.1. The van der Waals surface area contributed by atoms with Crippen LogP contribution in [-0.2, 0) is 0 Å². The first-order valence-electron chi connectivity index (χ1n) is 8.31. The molecule has 0 spiro atoms. The molecule has 6 heteroatoms. The summed E-state index contributed by atoms with van der Waals surface area (Å²) >= 11 is 8.54. The minimum Gasteiger partial charge on any atom is -0.345 e. The number of rotatable bonds is 5. The first kappa shape index (κ1) is 16.8. The van der Waals surface area contributed by atoms with Crippen molar-refractivity contribution in [2.45, 2.75) is 25.3 Å². The lowest BCUT2D eigenvalue weighted by Gasteiger charge is -2.20. The highest BCUT2D eigenvalue weighted by molar-refractivity contribution is 14.1. The van der Waals surface area contributed by atoms with Crippen molar-refractivity contribution in [3.8, 4) is 0 Å². The smallest absolute Gasteiger partial charge is 0.251 e. The third-order valence-electron chi connectivity index (χ3n) is 4.63. The third kappa shape index (κ3) is 3.67. The Bertz CT molecular complexity index is 935. The summed E-state index contributed by atoms with van der Waals surface area (Å²) in [6.07, 6.45) is 3.40. The van der Waals surface area contributed by atoms with Gasteiger partial charge in [0.05, 0.1) is 11.6 Å². The Hall–Kier alpha value is -1.60.